The lowest BCUT2D eigenvalue weighted by Crippen LogP contribution is -2.47. The van der Waals surface area contributed by atoms with Gasteiger partial charge in [-0.3, -0.25) is 0 Å². The Morgan fingerprint density at radius 3 is 2.04 bits per heavy atom. The van der Waals surface area contributed by atoms with Crippen molar-refractivity contribution in [3.63, 3.8) is 0 Å². The second kappa shape index (κ2) is 7.51. The summed E-state index contributed by atoms with van der Waals surface area (Å²) in [4.78, 5) is 4.45. The average Bonchev–Trinajstić information content (AvgIpc) is 2.66. The van der Waals surface area contributed by atoms with Gasteiger partial charge in [0.1, 0.15) is 17.1 Å². The highest BCUT2D eigenvalue weighted by atomic mass is 35.5. The molecule has 1 heterocycles. The average molecular weight is 393 g/mol. The third kappa shape index (κ3) is 3.87. The highest BCUT2D eigenvalue weighted by molar-refractivity contribution is 6.80. The Bertz CT molecular complexity index is 1070. The van der Waals surface area contributed by atoms with Gasteiger partial charge in [-0.1, -0.05) is 59.6 Å². The molecule has 0 aliphatic carbocycles. The van der Waals surface area contributed by atoms with E-state index in [1.807, 2.05) is 72.8 Å². The first kappa shape index (κ1) is 17.7. The summed E-state index contributed by atoms with van der Waals surface area (Å²) in [7, 11) is 0. The predicted octanol–water partition coefficient (Wildman–Crippen LogP) is 4.31. The minimum Gasteiger partial charge on any atom is -0.550 e. The number of fused-ring (bicyclic) bond motifs is 1. The molecule has 4 aromatic rings. The lowest BCUT2D eigenvalue weighted by Gasteiger charge is -2.18. The third-order valence-corrected chi connectivity index (χ3v) is 4.72. The molecule has 0 radical (unpaired) electrons. The number of para-hydroxylation sites is 1. The van der Waals surface area contributed by atoms with Crippen LogP contribution in [0.2, 0.25) is 10.0 Å². The van der Waals surface area contributed by atoms with E-state index in [4.69, 9.17) is 33.6 Å². The van der Waals surface area contributed by atoms with Crippen LogP contribution in [0.4, 0.5) is 5.82 Å². The Morgan fingerprint density at radius 1 is 0.778 bits per heavy atom. The number of hydrogen-bond donors (Lipinski definition) is 1. The molecule has 1 aromatic heterocycles. The first-order valence-corrected chi connectivity index (χ1v) is 9.18. The van der Waals surface area contributed by atoms with Crippen LogP contribution in [0.5, 0.6) is 5.75 Å². The molecule has 0 bridgehead atoms. The summed E-state index contributed by atoms with van der Waals surface area (Å²) in [5.41, 5.74) is 8.44. The molecule has 0 fully saturated rings. The van der Waals surface area contributed by atoms with E-state index in [0.29, 0.717) is 27.1 Å². The third-order valence-electron chi connectivity index (χ3n) is 4.25. The van der Waals surface area contributed by atoms with E-state index in [9.17, 15) is 0 Å². The fraction of sp³-hybridized carbons (Fsp3) is 0. The molecule has 4 rings (SSSR count). The number of nitrogen functional groups attached to an aromatic ring is 1. The lowest BCUT2D eigenvalue weighted by atomic mass is 9.55. The lowest BCUT2D eigenvalue weighted by molar-refractivity contribution is 0.597. The molecule has 132 valence electrons. The van der Waals surface area contributed by atoms with Crippen LogP contribution in [0.3, 0.4) is 0 Å². The summed E-state index contributed by atoms with van der Waals surface area (Å²) >= 11 is 12.4. The maximum absolute atomic E-state index is 6.43. The molecule has 0 atom stereocenters. The van der Waals surface area contributed by atoms with Crippen molar-refractivity contribution in [2.24, 2.45) is 0 Å². The summed E-state index contributed by atoms with van der Waals surface area (Å²) < 4.78 is 6.43. The molecule has 0 aliphatic heterocycles. The van der Waals surface area contributed by atoms with Crippen molar-refractivity contribution in [3.05, 3.63) is 88.9 Å². The van der Waals surface area contributed by atoms with Crippen LogP contribution in [0.15, 0.2) is 78.9 Å². The second-order valence-corrected chi connectivity index (χ2v) is 7.04. The minimum atomic E-state index is -0.392. The number of aromatic nitrogens is 1. The molecule has 3 nitrogen and oxygen atoms in total. The largest absolute Gasteiger partial charge is 0.550 e. The smallest absolute Gasteiger partial charge is 0.426 e. The number of rotatable bonds is 4. The fourth-order valence-corrected chi connectivity index (χ4v) is 3.42. The van der Waals surface area contributed by atoms with Gasteiger partial charge in [0.2, 0.25) is 0 Å². The monoisotopic (exact) mass is 392 g/mol. The van der Waals surface area contributed by atoms with Crippen LogP contribution < -0.4 is 21.3 Å². The molecule has 3 aromatic carbocycles. The molecule has 0 saturated heterocycles. The van der Waals surface area contributed by atoms with Gasteiger partial charge >= 0.3 is 6.92 Å². The van der Waals surface area contributed by atoms with E-state index in [-0.39, 0.29) is 0 Å². The molecule has 6 heteroatoms. The highest BCUT2D eigenvalue weighted by Crippen LogP contribution is 2.25. The Hall–Kier alpha value is -2.69. The van der Waals surface area contributed by atoms with Gasteiger partial charge in [0.25, 0.3) is 0 Å². The summed E-state index contributed by atoms with van der Waals surface area (Å²) in [6, 6.07) is 24.7. The molecule has 2 N–H and O–H groups in total. The molecular weight excluding hydrogens is 378 g/mol. The van der Waals surface area contributed by atoms with E-state index >= 15 is 0 Å². The normalized spacial score (nSPS) is 10.7. The van der Waals surface area contributed by atoms with E-state index in [1.165, 1.54) is 0 Å². The zero-order chi connectivity index (χ0) is 18.8. The van der Waals surface area contributed by atoms with Crippen molar-refractivity contribution in [2.75, 3.05) is 5.73 Å². The SMILES string of the molecule is Nc1ccc2cccc(OB(c3cccc(Cl)c3)c3cccc(Cl)c3)c2n1. The summed E-state index contributed by atoms with van der Waals surface area (Å²) in [6.45, 7) is -0.392. The Balaban J connectivity index is 1.84. The standard InChI is InChI=1S/C21H15BCl2N2O/c23-17-7-2-5-15(12-17)22(16-6-3-8-18(24)13-16)27-19-9-1-4-14-10-11-20(25)26-21(14)19/h1-13H,(H2,25,26). The van der Waals surface area contributed by atoms with Crippen LogP contribution in [-0.2, 0) is 0 Å². The zero-order valence-electron chi connectivity index (χ0n) is 14.3. The minimum absolute atomic E-state index is 0.392. The number of nitrogens with two attached hydrogens (primary N) is 1. The van der Waals surface area contributed by atoms with Gasteiger partial charge in [0, 0.05) is 15.4 Å². The van der Waals surface area contributed by atoms with E-state index in [0.717, 1.165) is 16.3 Å². The Kier molecular flexibility index (Phi) is 4.93. The van der Waals surface area contributed by atoms with Crippen LogP contribution in [0.25, 0.3) is 10.9 Å². The second-order valence-electron chi connectivity index (χ2n) is 6.17. The van der Waals surface area contributed by atoms with Gasteiger partial charge in [0.05, 0.1) is 0 Å². The van der Waals surface area contributed by atoms with Crippen molar-refractivity contribution >= 4 is 57.8 Å². The molecule has 0 spiro atoms. The Labute approximate surface area is 167 Å². The summed E-state index contributed by atoms with van der Waals surface area (Å²) in [5.74, 6) is 1.09. The van der Waals surface area contributed by atoms with Gasteiger partial charge in [-0.25, -0.2) is 4.98 Å². The molecule has 27 heavy (non-hydrogen) atoms. The van der Waals surface area contributed by atoms with Crippen molar-refractivity contribution in [3.8, 4) is 5.75 Å². The zero-order valence-corrected chi connectivity index (χ0v) is 15.8. The maximum Gasteiger partial charge on any atom is 0.426 e. The van der Waals surface area contributed by atoms with Crippen molar-refractivity contribution in [2.45, 2.75) is 0 Å². The Morgan fingerprint density at radius 2 is 1.41 bits per heavy atom. The van der Waals surface area contributed by atoms with Crippen LogP contribution in [0.1, 0.15) is 0 Å². The van der Waals surface area contributed by atoms with Gasteiger partial charge in [0.15, 0.2) is 0 Å². The number of benzene rings is 3. The van der Waals surface area contributed by atoms with E-state index < -0.39 is 6.92 Å². The highest BCUT2D eigenvalue weighted by Gasteiger charge is 2.25. The first-order chi connectivity index (χ1) is 13.1. The van der Waals surface area contributed by atoms with Crippen LogP contribution >= 0.6 is 23.2 Å². The maximum atomic E-state index is 6.43. The number of nitrogens with zero attached hydrogens (tertiary/aromatic N) is 1. The number of anilines is 1. The quantitative estimate of drug-likeness (QED) is 0.526. The molecule has 0 amide bonds. The fourth-order valence-electron chi connectivity index (χ4n) is 3.02. The number of hydrogen-bond acceptors (Lipinski definition) is 3. The van der Waals surface area contributed by atoms with E-state index in [1.54, 1.807) is 6.07 Å². The van der Waals surface area contributed by atoms with Crippen LogP contribution in [0, 0.1) is 0 Å². The van der Waals surface area contributed by atoms with Crippen molar-refractivity contribution in [1.29, 1.82) is 0 Å². The van der Waals surface area contributed by atoms with Crippen molar-refractivity contribution in [1.82, 2.24) is 4.98 Å². The molecule has 0 unspecified atom stereocenters. The molecule has 0 saturated carbocycles. The molecular formula is C21H15BCl2N2O. The van der Waals surface area contributed by atoms with Gasteiger partial charge in [-0.2, -0.15) is 0 Å². The number of pyridine rings is 1. The van der Waals surface area contributed by atoms with Gasteiger partial charge in [-0.15, -0.1) is 0 Å². The number of halogens is 2. The van der Waals surface area contributed by atoms with E-state index in [2.05, 4.69) is 4.98 Å². The summed E-state index contributed by atoms with van der Waals surface area (Å²) in [6.07, 6.45) is 0. The van der Waals surface area contributed by atoms with Gasteiger partial charge in [-0.05, 0) is 53.4 Å². The van der Waals surface area contributed by atoms with Crippen LogP contribution in [-0.4, -0.2) is 11.9 Å². The van der Waals surface area contributed by atoms with Gasteiger partial charge < -0.3 is 10.4 Å². The predicted molar refractivity (Wildman–Crippen MR) is 115 cm³/mol. The topological polar surface area (TPSA) is 48.1 Å². The first-order valence-electron chi connectivity index (χ1n) is 8.43. The summed E-state index contributed by atoms with van der Waals surface area (Å²) in [5, 5.41) is 2.24. The van der Waals surface area contributed by atoms with Crippen molar-refractivity contribution < 1.29 is 4.65 Å². The molecule has 0 aliphatic rings.